The number of likely N-dealkylation sites (tertiary alicyclic amines) is 1. The number of nitrogens with two attached hydrogens (primary N) is 1. The minimum atomic E-state index is -0.873. The van der Waals surface area contributed by atoms with Gasteiger partial charge in [-0.15, -0.1) is 0 Å². The molecule has 1 saturated heterocycles. The molecule has 226 valence electrons. The first-order valence-electron chi connectivity index (χ1n) is 15.1. The molecule has 3 unspecified atom stereocenters. The number of ether oxygens (including phenoxy) is 1. The zero-order chi connectivity index (χ0) is 30.4. The third-order valence-corrected chi connectivity index (χ3v) is 9.93. The molecular formula is C34H33F2N5O3. The first-order chi connectivity index (χ1) is 21.2. The lowest BCUT2D eigenvalue weighted by Crippen LogP contribution is -2.41. The fourth-order valence-corrected chi connectivity index (χ4v) is 7.39. The molecule has 0 radical (unpaired) electrons. The minimum Gasteiger partial charge on any atom is -0.505 e. The first-order valence-corrected chi connectivity index (χ1v) is 15.1. The van der Waals surface area contributed by atoms with Crippen LogP contribution in [-0.2, 0) is 13.6 Å². The van der Waals surface area contributed by atoms with Crippen molar-refractivity contribution in [2.45, 2.75) is 44.3 Å². The van der Waals surface area contributed by atoms with Crippen LogP contribution in [0.25, 0.3) is 44.6 Å². The maximum absolute atomic E-state index is 14.8. The Bertz CT molecular complexity index is 1990. The lowest BCUT2D eigenvalue weighted by atomic mass is 10.0. The Morgan fingerprint density at radius 3 is 2.59 bits per heavy atom. The van der Waals surface area contributed by atoms with Crippen LogP contribution in [0, 0.1) is 23.5 Å². The van der Waals surface area contributed by atoms with E-state index in [-0.39, 0.29) is 23.6 Å². The van der Waals surface area contributed by atoms with Crippen LogP contribution >= 0.6 is 0 Å². The van der Waals surface area contributed by atoms with Crippen molar-refractivity contribution in [3.05, 3.63) is 65.7 Å². The van der Waals surface area contributed by atoms with E-state index >= 15 is 0 Å². The van der Waals surface area contributed by atoms with Gasteiger partial charge in [-0.05, 0) is 73.4 Å². The van der Waals surface area contributed by atoms with Gasteiger partial charge in [-0.2, -0.15) is 0 Å². The number of imidazole rings is 1. The summed E-state index contributed by atoms with van der Waals surface area (Å²) in [7, 11) is 3.53. The number of aryl methyl sites for hydroxylation is 1. The number of hydrogen-bond donors (Lipinski definition) is 2. The highest BCUT2D eigenvalue weighted by atomic mass is 19.1. The molecule has 3 fully saturated rings. The van der Waals surface area contributed by atoms with Gasteiger partial charge in [-0.25, -0.2) is 13.8 Å². The van der Waals surface area contributed by atoms with E-state index in [9.17, 15) is 18.7 Å². The molecule has 2 bridgehead atoms. The summed E-state index contributed by atoms with van der Waals surface area (Å²) >= 11 is 0. The Labute approximate surface area is 252 Å². The number of phenols is 1. The molecule has 5 aromatic rings. The van der Waals surface area contributed by atoms with E-state index in [0.717, 1.165) is 66.5 Å². The van der Waals surface area contributed by atoms with E-state index in [4.69, 9.17) is 15.5 Å². The summed E-state index contributed by atoms with van der Waals surface area (Å²) in [6, 6.07) is 13.2. The molecule has 3 atom stereocenters. The Balaban J connectivity index is 1.25. The largest absolute Gasteiger partial charge is 0.505 e. The van der Waals surface area contributed by atoms with Gasteiger partial charge in [0.2, 0.25) is 0 Å². The van der Waals surface area contributed by atoms with Gasteiger partial charge in [0.05, 0.1) is 18.3 Å². The van der Waals surface area contributed by atoms with Crippen molar-refractivity contribution in [1.82, 2.24) is 19.0 Å². The minimum absolute atomic E-state index is 0.0319. The van der Waals surface area contributed by atoms with Crippen LogP contribution in [0.2, 0.25) is 0 Å². The normalized spacial score (nSPS) is 21.2. The fourth-order valence-electron chi connectivity index (χ4n) is 7.39. The summed E-state index contributed by atoms with van der Waals surface area (Å²) < 4.78 is 39.0. The molecule has 0 spiro atoms. The van der Waals surface area contributed by atoms with Crippen LogP contribution < -0.4 is 10.5 Å². The summed E-state index contributed by atoms with van der Waals surface area (Å²) in [4.78, 5) is 20.6. The van der Waals surface area contributed by atoms with Crippen LogP contribution in [0.1, 0.15) is 36.0 Å². The lowest BCUT2D eigenvalue weighted by molar-refractivity contribution is 0.0700. The zero-order valence-corrected chi connectivity index (χ0v) is 24.6. The molecule has 10 heteroatoms. The second-order valence-electron chi connectivity index (χ2n) is 12.6. The van der Waals surface area contributed by atoms with Gasteiger partial charge in [0.1, 0.15) is 17.1 Å². The van der Waals surface area contributed by atoms with Crippen molar-refractivity contribution in [1.29, 1.82) is 0 Å². The zero-order valence-electron chi connectivity index (χ0n) is 24.6. The Morgan fingerprint density at radius 2 is 1.89 bits per heavy atom. The lowest BCUT2D eigenvalue weighted by Gasteiger charge is -2.27. The maximum Gasteiger partial charge on any atom is 0.254 e. The molecule has 2 aromatic heterocycles. The van der Waals surface area contributed by atoms with Crippen molar-refractivity contribution < 1.29 is 23.4 Å². The van der Waals surface area contributed by atoms with Gasteiger partial charge in [0.25, 0.3) is 5.91 Å². The second kappa shape index (κ2) is 9.79. The highest BCUT2D eigenvalue weighted by molar-refractivity contribution is 6.00. The number of aromatic hydroxyl groups is 1. The van der Waals surface area contributed by atoms with Gasteiger partial charge >= 0.3 is 0 Å². The molecule has 3 N–H and O–H groups in total. The van der Waals surface area contributed by atoms with Crippen LogP contribution in [-0.4, -0.2) is 55.8 Å². The quantitative estimate of drug-likeness (QED) is 0.257. The summed E-state index contributed by atoms with van der Waals surface area (Å²) in [6.07, 6.45) is 4.26. The first kappa shape index (κ1) is 27.1. The molecule has 1 aliphatic heterocycles. The molecule has 2 saturated carbocycles. The number of methoxy groups -OCH3 is 1. The number of halogens is 2. The van der Waals surface area contributed by atoms with Gasteiger partial charge in [-0.3, -0.25) is 4.79 Å². The molecule has 2 aliphatic carbocycles. The smallest absolute Gasteiger partial charge is 0.254 e. The standard InChI is InChI=1S/C34H33F2N5O3/c1-39-32-25(9-21(12-30(32)44-2)34(43)41-16-20-7-8-26(41)31(20)37)38-33(39)28-11-19-6-5-18(10-27(19)40(28)15-17-3-4-17)22-13-24(36)29(42)14-23(22)35/h5-6,9-14,17,20,26,31,42H,3-4,7-8,15-16,37H2,1-2H3. The predicted octanol–water partition coefficient (Wildman–Crippen LogP) is 5.83. The number of piperidine rings is 1. The van der Waals surface area contributed by atoms with Crippen molar-refractivity contribution in [2.24, 2.45) is 24.6 Å². The second-order valence-corrected chi connectivity index (χ2v) is 12.6. The van der Waals surface area contributed by atoms with Crippen molar-refractivity contribution in [3.8, 4) is 34.1 Å². The van der Waals surface area contributed by atoms with Crippen LogP contribution in [0.5, 0.6) is 11.5 Å². The summed E-state index contributed by atoms with van der Waals surface area (Å²) in [6.45, 7) is 1.44. The van der Waals surface area contributed by atoms with Crippen LogP contribution in [0.4, 0.5) is 8.78 Å². The summed E-state index contributed by atoms with van der Waals surface area (Å²) in [5, 5.41) is 10.6. The Morgan fingerprint density at radius 1 is 1.07 bits per heavy atom. The highest BCUT2D eigenvalue weighted by Gasteiger charge is 2.47. The van der Waals surface area contributed by atoms with E-state index in [1.165, 1.54) is 0 Å². The number of amides is 1. The number of rotatable bonds is 6. The molecule has 8 nitrogen and oxygen atoms in total. The third-order valence-electron chi connectivity index (χ3n) is 9.93. The van der Waals surface area contributed by atoms with E-state index in [2.05, 4.69) is 10.6 Å². The third kappa shape index (κ3) is 4.11. The van der Waals surface area contributed by atoms with E-state index in [1.54, 1.807) is 19.2 Å². The molecule has 8 rings (SSSR count). The van der Waals surface area contributed by atoms with Gasteiger partial charge in [0.15, 0.2) is 17.4 Å². The van der Waals surface area contributed by atoms with Gasteiger partial charge < -0.3 is 29.6 Å². The Kier molecular flexibility index (Phi) is 6.03. The molecule has 3 aromatic carbocycles. The fraction of sp³-hybridized carbons (Fsp3) is 0.353. The molecule has 1 amide bonds. The number of fused-ring (bicyclic) bond motifs is 4. The molecular weight excluding hydrogens is 564 g/mol. The van der Waals surface area contributed by atoms with Gasteiger partial charge in [-0.1, -0.05) is 12.1 Å². The van der Waals surface area contributed by atoms with Crippen LogP contribution in [0.3, 0.4) is 0 Å². The predicted molar refractivity (Wildman–Crippen MR) is 163 cm³/mol. The molecule has 44 heavy (non-hydrogen) atoms. The molecule has 3 heterocycles. The van der Waals surface area contributed by atoms with E-state index in [0.29, 0.717) is 46.6 Å². The summed E-state index contributed by atoms with van der Waals surface area (Å²) in [5.74, 6) is -0.176. The number of nitrogens with zero attached hydrogens (tertiary/aromatic N) is 4. The van der Waals surface area contributed by atoms with Crippen LogP contribution in [0.15, 0.2) is 48.5 Å². The van der Waals surface area contributed by atoms with Crippen molar-refractivity contribution in [3.63, 3.8) is 0 Å². The van der Waals surface area contributed by atoms with Gasteiger partial charge in [0, 0.05) is 60.3 Å². The Hall–Kier alpha value is -4.44. The van der Waals surface area contributed by atoms with E-state index < -0.39 is 17.4 Å². The monoisotopic (exact) mass is 597 g/mol. The highest BCUT2D eigenvalue weighted by Crippen LogP contribution is 2.41. The van der Waals surface area contributed by atoms with E-state index in [1.807, 2.05) is 34.7 Å². The number of aromatic nitrogens is 3. The van der Waals surface area contributed by atoms with Crippen molar-refractivity contribution in [2.75, 3.05) is 13.7 Å². The number of benzene rings is 3. The number of hydrogen-bond acceptors (Lipinski definition) is 5. The topological polar surface area (TPSA) is 98.5 Å². The average Bonchev–Trinajstić information content (AvgIpc) is 3.42. The van der Waals surface area contributed by atoms with Crippen molar-refractivity contribution >= 4 is 27.8 Å². The summed E-state index contributed by atoms with van der Waals surface area (Å²) in [5.41, 5.74) is 10.7. The number of carbonyl (C=O) groups is 1. The maximum atomic E-state index is 14.8. The average molecular weight is 598 g/mol. The SMILES string of the molecule is COc1cc(C(=O)N2CC3CCC2C3N)cc2nc(-c3cc4ccc(-c5cc(F)c(O)cc5F)cc4n3CC3CC3)n(C)c12. The number of carbonyl (C=O) groups excluding carboxylic acids is 1. The number of phenolic OH excluding ortho intramolecular Hbond substituents is 1. The molecule has 3 aliphatic rings.